The van der Waals surface area contributed by atoms with Crippen molar-refractivity contribution in [3.05, 3.63) is 57.8 Å². The van der Waals surface area contributed by atoms with Gasteiger partial charge in [-0.3, -0.25) is 15.5 Å². The van der Waals surface area contributed by atoms with Crippen molar-refractivity contribution < 1.29 is 23.2 Å². The fourth-order valence-corrected chi connectivity index (χ4v) is 1.57. The van der Waals surface area contributed by atoms with E-state index in [0.717, 1.165) is 24.3 Å². The van der Waals surface area contributed by atoms with Crippen LogP contribution in [-0.4, -0.2) is 21.2 Å². The Morgan fingerprint density at radius 1 is 1.30 bits per heavy atom. The Morgan fingerprint density at radius 2 is 2.04 bits per heavy atom. The van der Waals surface area contributed by atoms with Crippen LogP contribution in [0.3, 0.4) is 0 Å². The van der Waals surface area contributed by atoms with Crippen LogP contribution in [0.5, 0.6) is 5.75 Å². The lowest BCUT2D eigenvalue weighted by Crippen LogP contribution is -2.05. The van der Waals surface area contributed by atoms with Crippen LogP contribution in [0.2, 0.25) is 0 Å². The molecule has 0 fully saturated rings. The van der Waals surface area contributed by atoms with Gasteiger partial charge >= 0.3 is 11.9 Å². The third-order valence-corrected chi connectivity index (χ3v) is 2.68. The number of aromatic hydroxyl groups is 1. The summed E-state index contributed by atoms with van der Waals surface area (Å²) in [7, 11) is 0. The van der Waals surface area contributed by atoms with Gasteiger partial charge in [-0.2, -0.15) is 18.3 Å². The largest absolute Gasteiger partial charge is 0.502 e. The van der Waals surface area contributed by atoms with E-state index in [9.17, 15) is 28.4 Å². The van der Waals surface area contributed by atoms with E-state index in [0.29, 0.717) is 11.8 Å². The van der Waals surface area contributed by atoms with Crippen LogP contribution in [-0.2, 0) is 6.18 Å². The molecule has 0 bridgehead atoms. The Bertz CT molecular complexity index is 745. The van der Waals surface area contributed by atoms with Gasteiger partial charge in [0.25, 0.3) is 0 Å². The van der Waals surface area contributed by atoms with E-state index in [1.54, 1.807) is 0 Å². The average Bonchev–Trinajstić information content (AvgIpc) is 2.48. The minimum absolute atomic E-state index is 0.0718. The molecule has 0 aliphatic heterocycles. The van der Waals surface area contributed by atoms with Gasteiger partial charge in [0.2, 0.25) is 0 Å². The monoisotopic (exact) mass is 326 g/mol. The Morgan fingerprint density at radius 3 is 2.61 bits per heavy atom. The highest BCUT2D eigenvalue weighted by atomic mass is 19.4. The van der Waals surface area contributed by atoms with Crippen molar-refractivity contribution in [1.82, 2.24) is 4.98 Å². The highest BCUT2D eigenvalue weighted by molar-refractivity contribution is 5.82. The van der Waals surface area contributed by atoms with E-state index >= 15 is 0 Å². The van der Waals surface area contributed by atoms with Crippen molar-refractivity contribution in [2.24, 2.45) is 5.10 Å². The molecule has 0 saturated carbocycles. The third kappa shape index (κ3) is 4.15. The van der Waals surface area contributed by atoms with Crippen molar-refractivity contribution in [3.63, 3.8) is 0 Å². The fourth-order valence-electron chi connectivity index (χ4n) is 1.57. The molecule has 7 nitrogen and oxygen atoms in total. The number of hydrazone groups is 1. The molecule has 0 aliphatic carbocycles. The number of halogens is 3. The summed E-state index contributed by atoms with van der Waals surface area (Å²) in [4.78, 5) is 13.5. The quantitative estimate of drug-likeness (QED) is 0.510. The van der Waals surface area contributed by atoms with Gasteiger partial charge < -0.3 is 5.11 Å². The minimum atomic E-state index is -4.47. The number of phenols is 1. The number of hydrogen-bond donors (Lipinski definition) is 2. The lowest BCUT2D eigenvalue weighted by Gasteiger charge is -2.06. The summed E-state index contributed by atoms with van der Waals surface area (Å²) >= 11 is 0. The lowest BCUT2D eigenvalue weighted by atomic mass is 10.2. The van der Waals surface area contributed by atoms with Crippen LogP contribution >= 0.6 is 0 Å². The Balaban J connectivity index is 2.07. The number of nitro benzene ring substituents is 1. The van der Waals surface area contributed by atoms with Gasteiger partial charge in [-0.25, -0.2) is 4.98 Å². The molecule has 1 aromatic carbocycles. The Hall–Kier alpha value is -3.17. The molecule has 10 heteroatoms. The number of anilines is 1. The standard InChI is InChI=1S/C13H9F3N4O3/c14-13(15,16)9-2-4-12(17-7-9)19-18-6-8-1-3-11(21)10(5-8)20(22)23/h1-7,21H,(H,17,19)/b18-6-. The number of nitrogens with one attached hydrogen (secondary N) is 1. The molecule has 1 aromatic heterocycles. The van der Waals surface area contributed by atoms with Crippen LogP contribution in [0.1, 0.15) is 11.1 Å². The molecule has 2 aromatic rings. The highest BCUT2D eigenvalue weighted by Gasteiger charge is 2.30. The molecule has 0 amide bonds. The zero-order chi connectivity index (χ0) is 17.0. The first-order valence-electron chi connectivity index (χ1n) is 6.07. The minimum Gasteiger partial charge on any atom is -0.502 e. The van der Waals surface area contributed by atoms with Crippen molar-refractivity contribution in [2.45, 2.75) is 6.18 Å². The molecular weight excluding hydrogens is 317 g/mol. The number of nitro groups is 1. The van der Waals surface area contributed by atoms with E-state index in [1.165, 1.54) is 12.3 Å². The summed E-state index contributed by atoms with van der Waals surface area (Å²) in [6.45, 7) is 0. The summed E-state index contributed by atoms with van der Waals surface area (Å²) in [5, 5.41) is 23.7. The van der Waals surface area contributed by atoms with Gasteiger partial charge in [0.15, 0.2) is 5.75 Å². The van der Waals surface area contributed by atoms with E-state index in [4.69, 9.17) is 0 Å². The molecule has 2 N–H and O–H groups in total. The molecule has 0 saturated heterocycles. The number of aromatic nitrogens is 1. The second-order valence-electron chi connectivity index (χ2n) is 4.31. The Kier molecular flexibility index (Phi) is 4.44. The van der Waals surface area contributed by atoms with Crippen molar-refractivity contribution in [2.75, 3.05) is 5.43 Å². The zero-order valence-corrected chi connectivity index (χ0v) is 11.3. The first kappa shape index (κ1) is 16.2. The molecular formula is C13H9F3N4O3. The van der Waals surface area contributed by atoms with E-state index in [1.807, 2.05) is 0 Å². The molecule has 1 heterocycles. The number of alkyl halides is 3. The second-order valence-corrected chi connectivity index (χ2v) is 4.31. The summed E-state index contributed by atoms with van der Waals surface area (Å²) in [6, 6.07) is 5.56. The zero-order valence-electron chi connectivity index (χ0n) is 11.3. The average molecular weight is 326 g/mol. The maximum Gasteiger partial charge on any atom is 0.417 e. The molecule has 0 atom stereocenters. The van der Waals surface area contributed by atoms with Gasteiger partial charge in [-0.05, 0) is 24.3 Å². The SMILES string of the molecule is O=[N+]([O-])c1cc(/C=N\Nc2ccc(C(F)(F)F)cn2)ccc1O. The normalized spacial score (nSPS) is 11.6. The number of hydrogen-bond acceptors (Lipinski definition) is 6. The summed E-state index contributed by atoms with van der Waals surface area (Å²) < 4.78 is 37.1. The second kappa shape index (κ2) is 6.30. The molecule has 23 heavy (non-hydrogen) atoms. The lowest BCUT2D eigenvalue weighted by molar-refractivity contribution is -0.385. The predicted molar refractivity (Wildman–Crippen MR) is 75.2 cm³/mol. The summed E-state index contributed by atoms with van der Waals surface area (Å²) in [6.07, 6.45) is -2.62. The number of pyridine rings is 1. The number of nitrogens with zero attached hydrogens (tertiary/aromatic N) is 3. The topological polar surface area (TPSA) is 101 Å². The van der Waals surface area contributed by atoms with Gasteiger partial charge in [0.05, 0.1) is 16.7 Å². The van der Waals surface area contributed by atoms with E-state index < -0.39 is 28.1 Å². The fraction of sp³-hybridized carbons (Fsp3) is 0.0769. The van der Waals surface area contributed by atoms with Crippen LogP contribution in [0.15, 0.2) is 41.6 Å². The van der Waals surface area contributed by atoms with Crippen LogP contribution in [0.25, 0.3) is 0 Å². The third-order valence-electron chi connectivity index (χ3n) is 2.68. The molecule has 0 radical (unpaired) electrons. The van der Waals surface area contributed by atoms with Crippen molar-refractivity contribution in [3.8, 4) is 5.75 Å². The molecule has 0 aliphatic rings. The molecule has 0 unspecified atom stereocenters. The number of benzene rings is 1. The van der Waals surface area contributed by atoms with Gasteiger partial charge in [-0.15, -0.1) is 0 Å². The maximum absolute atomic E-state index is 12.4. The van der Waals surface area contributed by atoms with E-state index in [-0.39, 0.29) is 5.82 Å². The van der Waals surface area contributed by atoms with Crippen molar-refractivity contribution in [1.29, 1.82) is 0 Å². The molecule has 0 spiro atoms. The van der Waals surface area contributed by atoms with Crippen molar-refractivity contribution >= 4 is 17.7 Å². The van der Waals surface area contributed by atoms with E-state index in [2.05, 4.69) is 15.5 Å². The first-order chi connectivity index (χ1) is 10.8. The molecule has 2 rings (SSSR count). The highest BCUT2D eigenvalue weighted by Crippen LogP contribution is 2.29. The number of phenolic OH excluding ortho intramolecular Hbond substituents is 1. The van der Waals surface area contributed by atoms with Crippen LogP contribution in [0, 0.1) is 10.1 Å². The summed E-state index contributed by atoms with van der Waals surface area (Å²) in [5.74, 6) is -0.410. The number of rotatable bonds is 4. The van der Waals surface area contributed by atoms with Gasteiger partial charge in [0, 0.05) is 17.8 Å². The first-order valence-corrected chi connectivity index (χ1v) is 6.07. The summed E-state index contributed by atoms with van der Waals surface area (Å²) in [5.41, 5.74) is 1.34. The molecule has 120 valence electrons. The Labute approximate surface area is 127 Å². The van der Waals surface area contributed by atoms with Crippen LogP contribution < -0.4 is 5.43 Å². The van der Waals surface area contributed by atoms with Gasteiger partial charge in [-0.1, -0.05) is 0 Å². The van der Waals surface area contributed by atoms with Crippen LogP contribution in [0.4, 0.5) is 24.7 Å². The maximum atomic E-state index is 12.4. The predicted octanol–water partition coefficient (Wildman–Crippen LogP) is 3.16. The van der Waals surface area contributed by atoms with Gasteiger partial charge in [0.1, 0.15) is 5.82 Å². The smallest absolute Gasteiger partial charge is 0.417 e.